The van der Waals surface area contributed by atoms with E-state index in [1.165, 1.54) is 61.5 Å². The zero-order valence-electron chi connectivity index (χ0n) is 18.2. The van der Waals surface area contributed by atoms with E-state index in [4.69, 9.17) is 4.98 Å². The summed E-state index contributed by atoms with van der Waals surface area (Å²) in [5, 5.41) is 2.83. The van der Waals surface area contributed by atoms with Crippen LogP contribution in [0.1, 0.15) is 88.9 Å². The Balaban J connectivity index is 2.10. The Morgan fingerprint density at radius 1 is 0.931 bits per heavy atom. The predicted molar refractivity (Wildman–Crippen MR) is 123 cm³/mol. The molecule has 2 heterocycles. The van der Waals surface area contributed by atoms with E-state index in [1.807, 2.05) is 18.2 Å². The van der Waals surface area contributed by atoms with Crippen molar-refractivity contribution in [2.75, 3.05) is 5.32 Å². The van der Waals surface area contributed by atoms with E-state index in [-0.39, 0.29) is 5.91 Å². The van der Waals surface area contributed by atoms with Crippen molar-refractivity contribution in [1.29, 1.82) is 0 Å². The van der Waals surface area contributed by atoms with Crippen LogP contribution in [0, 0.1) is 0 Å². The van der Waals surface area contributed by atoms with Gasteiger partial charge in [-0.3, -0.25) is 0 Å². The summed E-state index contributed by atoms with van der Waals surface area (Å²) in [4.78, 5) is 21.4. The van der Waals surface area contributed by atoms with Crippen LogP contribution in [-0.2, 0) is 0 Å². The number of nitrogens with one attached hydrogen (secondary N) is 1. The Hall–Kier alpha value is -1.43. The molecule has 5 heteroatoms. The zero-order chi connectivity index (χ0) is 21.0. The van der Waals surface area contributed by atoms with Crippen molar-refractivity contribution in [3.63, 3.8) is 0 Å². The first kappa shape index (κ1) is 23.8. The third-order valence-corrected chi connectivity index (χ3v) is 10.6. The summed E-state index contributed by atoms with van der Waals surface area (Å²) in [5.41, 5.74) is 0.597. The molecule has 2 radical (unpaired) electrons. The van der Waals surface area contributed by atoms with Crippen molar-refractivity contribution in [2.45, 2.75) is 82.0 Å². The predicted octanol–water partition coefficient (Wildman–Crippen LogP) is 5.79. The zero-order valence-corrected chi connectivity index (χ0v) is 21.1. The van der Waals surface area contributed by atoms with Crippen molar-refractivity contribution in [2.24, 2.45) is 0 Å². The molecule has 0 saturated heterocycles. The first-order chi connectivity index (χ1) is 14.1. The van der Waals surface area contributed by atoms with Gasteiger partial charge in [-0.1, -0.05) is 0 Å². The second-order valence-electron chi connectivity index (χ2n) is 7.82. The molecule has 0 aromatic carbocycles. The molecular weight excluding hydrogens is 465 g/mol. The van der Waals surface area contributed by atoms with Crippen LogP contribution in [-0.4, -0.2) is 37.0 Å². The van der Waals surface area contributed by atoms with Crippen molar-refractivity contribution >= 4 is 36.6 Å². The molecule has 0 saturated carbocycles. The fourth-order valence-electron chi connectivity index (χ4n) is 3.61. The summed E-state index contributed by atoms with van der Waals surface area (Å²) in [7, 11) is 0. The van der Waals surface area contributed by atoms with Gasteiger partial charge in [-0.15, -0.1) is 0 Å². The molecule has 0 bridgehead atoms. The standard InChI is InChI=1S/C13H27.C11H8N3O.Sn/c1-4-7-10-13(11-8-5-2)12-9-6-3;15-11(9-4-3-6-12-8-9)14-10-5-1-2-7-13-10;/h4-12H2,1-3H3;1-5,7-8H,(H,13,14,15);. The summed E-state index contributed by atoms with van der Waals surface area (Å²) in [5.74, 6) is 0.415. The van der Waals surface area contributed by atoms with Gasteiger partial charge < -0.3 is 0 Å². The van der Waals surface area contributed by atoms with Crippen molar-refractivity contribution in [1.82, 2.24) is 9.97 Å². The van der Waals surface area contributed by atoms with Crippen LogP contribution in [0.15, 0.2) is 42.7 Å². The molecule has 0 fully saturated rings. The molecule has 0 spiro atoms. The van der Waals surface area contributed by atoms with Crippen LogP contribution in [0.4, 0.5) is 5.82 Å². The molecule has 0 aliphatic heterocycles. The SMILES string of the molecule is CCCC[C](CCCC)(CCCC)[Sn][c]1ccc(C(=O)Nc2ccccn2)cn1. The van der Waals surface area contributed by atoms with Gasteiger partial charge in [-0.2, -0.15) is 0 Å². The summed E-state index contributed by atoms with van der Waals surface area (Å²) >= 11 is -0.860. The van der Waals surface area contributed by atoms with Crippen molar-refractivity contribution in [3.8, 4) is 0 Å². The molecule has 1 amide bonds. The van der Waals surface area contributed by atoms with Gasteiger partial charge in [-0.25, -0.2) is 0 Å². The van der Waals surface area contributed by atoms with Crippen LogP contribution in [0.25, 0.3) is 0 Å². The number of rotatable bonds is 13. The van der Waals surface area contributed by atoms with E-state index in [1.54, 1.807) is 18.5 Å². The fourth-order valence-corrected chi connectivity index (χ4v) is 8.59. The third-order valence-electron chi connectivity index (χ3n) is 5.35. The second kappa shape index (κ2) is 13.0. The average molecular weight is 500 g/mol. The Kier molecular flexibility index (Phi) is 10.7. The van der Waals surface area contributed by atoms with E-state index in [9.17, 15) is 4.79 Å². The number of unbranched alkanes of at least 4 members (excludes halogenated alkanes) is 3. The Morgan fingerprint density at radius 2 is 1.59 bits per heavy atom. The van der Waals surface area contributed by atoms with E-state index in [0.717, 1.165) is 0 Å². The minimum absolute atomic E-state index is 0.151. The first-order valence-corrected chi connectivity index (χ1v) is 13.9. The molecule has 2 rings (SSSR count). The second-order valence-corrected chi connectivity index (χ2v) is 13.0. The third kappa shape index (κ3) is 8.07. The van der Waals surface area contributed by atoms with Gasteiger partial charge in [0.05, 0.1) is 0 Å². The van der Waals surface area contributed by atoms with Crippen molar-refractivity contribution in [3.05, 3.63) is 48.3 Å². The topological polar surface area (TPSA) is 54.9 Å². The Bertz CT molecular complexity index is 697. The van der Waals surface area contributed by atoms with Gasteiger partial charge in [-0.05, 0) is 0 Å². The maximum atomic E-state index is 12.5. The number of pyridine rings is 2. The molecule has 0 unspecified atom stereocenters. The summed E-state index contributed by atoms with van der Waals surface area (Å²) in [6.07, 6.45) is 15.2. The van der Waals surface area contributed by atoms with Crippen LogP contribution in [0.2, 0.25) is 3.43 Å². The average Bonchev–Trinajstić information content (AvgIpc) is 2.76. The van der Waals surface area contributed by atoms with Gasteiger partial charge in [0.15, 0.2) is 0 Å². The molecular formula is C24H35N3OSn. The Labute approximate surface area is 186 Å². The van der Waals surface area contributed by atoms with Crippen LogP contribution >= 0.6 is 0 Å². The molecule has 29 heavy (non-hydrogen) atoms. The monoisotopic (exact) mass is 501 g/mol. The first-order valence-electron chi connectivity index (χ1n) is 11.1. The number of carbonyl (C=O) groups is 1. The van der Waals surface area contributed by atoms with E-state index in [0.29, 0.717) is 14.8 Å². The normalized spacial score (nSPS) is 11.4. The molecule has 2 aromatic rings. The van der Waals surface area contributed by atoms with Gasteiger partial charge in [0.2, 0.25) is 0 Å². The molecule has 1 N–H and O–H groups in total. The fraction of sp³-hybridized carbons (Fsp3) is 0.542. The van der Waals surface area contributed by atoms with Crippen LogP contribution in [0.3, 0.4) is 0 Å². The Morgan fingerprint density at radius 3 is 2.07 bits per heavy atom. The van der Waals surface area contributed by atoms with Gasteiger partial charge in [0.25, 0.3) is 0 Å². The van der Waals surface area contributed by atoms with Crippen LogP contribution < -0.4 is 9.03 Å². The summed E-state index contributed by atoms with van der Waals surface area (Å²) in [6.45, 7) is 6.88. The van der Waals surface area contributed by atoms with E-state index >= 15 is 0 Å². The van der Waals surface area contributed by atoms with E-state index < -0.39 is 21.1 Å². The van der Waals surface area contributed by atoms with Gasteiger partial charge in [0, 0.05) is 0 Å². The number of hydrogen-bond donors (Lipinski definition) is 1. The number of nitrogens with zero attached hydrogens (tertiary/aromatic N) is 2. The number of carbonyl (C=O) groups excluding carboxylic acids is 1. The molecule has 0 aliphatic rings. The summed E-state index contributed by atoms with van der Waals surface area (Å²) < 4.78 is 1.78. The van der Waals surface area contributed by atoms with Gasteiger partial charge >= 0.3 is 187 Å². The van der Waals surface area contributed by atoms with Crippen LogP contribution in [0.5, 0.6) is 0 Å². The van der Waals surface area contributed by atoms with E-state index in [2.05, 4.69) is 37.1 Å². The molecule has 0 aliphatic carbocycles. The number of anilines is 1. The van der Waals surface area contributed by atoms with Gasteiger partial charge in [0.1, 0.15) is 0 Å². The quantitative estimate of drug-likeness (QED) is 0.355. The molecule has 156 valence electrons. The molecule has 0 atom stereocenters. The molecule has 4 nitrogen and oxygen atoms in total. The maximum absolute atomic E-state index is 12.5. The number of hydrogen-bond acceptors (Lipinski definition) is 3. The summed E-state index contributed by atoms with van der Waals surface area (Å²) in [6, 6.07) is 9.53. The number of amides is 1. The minimum atomic E-state index is -0.860. The number of aromatic nitrogens is 2. The molecule has 2 aromatic heterocycles. The van der Waals surface area contributed by atoms with Crippen molar-refractivity contribution < 1.29 is 4.79 Å².